The zero-order chi connectivity index (χ0) is 14.9. The Morgan fingerprint density at radius 3 is 3.00 bits per heavy atom. The number of nitrogens with zero attached hydrogens (tertiary/aromatic N) is 3. The fourth-order valence-electron chi connectivity index (χ4n) is 2.78. The monoisotopic (exact) mass is 313 g/mol. The maximum absolute atomic E-state index is 12.5. The number of carbonyl (C=O) groups excluding carboxylic acids is 1. The number of rotatable bonds is 3. The average Bonchev–Trinajstić information content (AvgIpc) is 3.29. The fraction of sp³-hybridized carbons (Fsp3) is 0.250. The van der Waals surface area contributed by atoms with Crippen molar-refractivity contribution < 1.29 is 9.32 Å². The predicted octanol–water partition coefficient (Wildman–Crippen LogP) is 2.78. The molecule has 0 aromatic carbocycles. The fourth-order valence-corrected chi connectivity index (χ4v) is 3.41. The summed E-state index contributed by atoms with van der Waals surface area (Å²) in [6.07, 6.45) is 4.72. The Labute approximate surface area is 131 Å². The minimum atomic E-state index is 0.0833. The number of aromatic nitrogens is 2. The largest absolute Gasteiger partial charge is 0.361 e. The predicted molar refractivity (Wildman–Crippen MR) is 82.8 cm³/mol. The van der Waals surface area contributed by atoms with Crippen molar-refractivity contribution in [3.05, 3.63) is 63.9 Å². The number of carbonyl (C=O) groups is 1. The second-order valence-electron chi connectivity index (χ2n) is 5.38. The Kier molecular flexibility index (Phi) is 3.31. The van der Waals surface area contributed by atoms with Crippen LogP contribution in [0.25, 0.3) is 0 Å². The van der Waals surface area contributed by atoms with Crippen molar-refractivity contribution in [2.75, 3.05) is 6.54 Å². The van der Waals surface area contributed by atoms with Crippen LogP contribution in [-0.4, -0.2) is 27.1 Å². The van der Waals surface area contributed by atoms with Crippen molar-refractivity contribution in [1.29, 1.82) is 0 Å². The van der Waals surface area contributed by atoms with Gasteiger partial charge in [0.15, 0.2) is 0 Å². The Morgan fingerprint density at radius 1 is 1.36 bits per heavy atom. The van der Waals surface area contributed by atoms with Gasteiger partial charge >= 0.3 is 0 Å². The van der Waals surface area contributed by atoms with Crippen LogP contribution in [0.2, 0.25) is 0 Å². The van der Waals surface area contributed by atoms with Crippen molar-refractivity contribution in [3.63, 3.8) is 0 Å². The number of hydrogen-bond donors (Lipinski definition) is 0. The molecule has 0 radical (unpaired) electrons. The first-order valence-corrected chi connectivity index (χ1v) is 8.14. The van der Waals surface area contributed by atoms with E-state index in [-0.39, 0.29) is 5.91 Å². The van der Waals surface area contributed by atoms with E-state index in [1.807, 2.05) is 46.3 Å². The molecule has 0 saturated carbocycles. The molecule has 1 amide bonds. The van der Waals surface area contributed by atoms with Gasteiger partial charge < -0.3 is 14.0 Å². The van der Waals surface area contributed by atoms with E-state index < -0.39 is 0 Å². The Morgan fingerprint density at radius 2 is 2.23 bits per heavy atom. The van der Waals surface area contributed by atoms with Crippen molar-refractivity contribution in [2.24, 2.45) is 0 Å². The lowest BCUT2D eigenvalue weighted by Crippen LogP contribution is -2.35. The molecule has 6 heteroatoms. The number of thiophene rings is 1. The lowest BCUT2D eigenvalue weighted by atomic mass is 10.1. The normalized spacial score (nSPS) is 14.1. The van der Waals surface area contributed by atoms with Crippen LogP contribution in [0.4, 0.5) is 0 Å². The molecule has 0 spiro atoms. The molecule has 22 heavy (non-hydrogen) atoms. The van der Waals surface area contributed by atoms with Gasteiger partial charge in [-0.25, -0.2) is 0 Å². The van der Waals surface area contributed by atoms with Gasteiger partial charge in [0.1, 0.15) is 11.5 Å². The Hall–Kier alpha value is -2.34. The van der Waals surface area contributed by atoms with Crippen LogP contribution >= 0.6 is 11.3 Å². The van der Waals surface area contributed by atoms with E-state index in [9.17, 15) is 4.79 Å². The van der Waals surface area contributed by atoms with E-state index in [4.69, 9.17) is 4.52 Å². The van der Waals surface area contributed by atoms with Gasteiger partial charge in [-0.15, -0.1) is 0 Å². The summed E-state index contributed by atoms with van der Waals surface area (Å²) >= 11 is 1.54. The van der Waals surface area contributed by atoms with E-state index in [0.717, 1.165) is 29.0 Å². The standard InChI is InChI=1S/C16H15N3O2S/c20-16(12-4-8-22-11-12)19-7-3-15-13(9-19)14(17-21-15)10-18-5-1-2-6-18/h1-2,4-6,8,11H,3,7,9-10H2. The second-order valence-corrected chi connectivity index (χ2v) is 6.16. The number of hydrogen-bond acceptors (Lipinski definition) is 4. The lowest BCUT2D eigenvalue weighted by Gasteiger charge is -2.26. The van der Waals surface area contributed by atoms with Gasteiger partial charge in [-0.05, 0) is 23.6 Å². The van der Waals surface area contributed by atoms with Crippen molar-refractivity contribution >= 4 is 17.2 Å². The molecule has 0 N–H and O–H groups in total. The lowest BCUT2D eigenvalue weighted by molar-refractivity contribution is 0.0729. The second kappa shape index (κ2) is 5.46. The van der Waals surface area contributed by atoms with Crippen LogP contribution in [0.3, 0.4) is 0 Å². The Bertz CT molecular complexity index is 775. The van der Waals surface area contributed by atoms with Gasteiger partial charge in [-0.2, -0.15) is 11.3 Å². The molecule has 0 atom stereocenters. The minimum Gasteiger partial charge on any atom is -0.361 e. The molecule has 1 aliphatic heterocycles. The third-order valence-electron chi connectivity index (χ3n) is 3.96. The summed E-state index contributed by atoms with van der Waals surface area (Å²) < 4.78 is 7.51. The van der Waals surface area contributed by atoms with Gasteiger partial charge in [-0.3, -0.25) is 4.79 Å². The smallest absolute Gasteiger partial charge is 0.255 e. The summed E-state index contributed by atoms with van der Waals surface area (Å²) in [5, 5.41) is 8.02. The van der Waals surface area contributed by atoms with Gasteiger partial charge in [0, 0.05) is 36.3 Å². The molecule has 0 bridgehead atoms. The maximum atomic E-state index is 12.5. The zero-order valence-electron chi connectivity index (χ0n) is 11.9. The number of fused-ring (bicyclic) bond motifs is 1. The van der Waals surface area contributed by atoms with Crippen LogP contribution in [0.15, 0.2) is 45.9 Å². The van der Waals surface area contributed by atoms with Crippen LogP contribution in [0.1, 0.15) is 27.4 Å². The molecule has 4 rings (SSSR count). The molecule has 0 fully saturated rings. The molecule has 0 saturated heterocycles. The molecule has 112 valence electrons. The molecule has 3 aromatic rings. The minimum absolute atomic E-state index is 0.0833. The van der Waals surface area contributed by atoms with Gasteiger partial charge in [-0.1, -0.05) is 5.16 Å². The summed E-state index contributed by atoms with van der Waals surface area (Å²) in [4.78, 5) is 14.4. The molecule has 5 nitrogen and oxygen atoms in total. The number of amides is 1. The highest BCUT2D eigenvalue weighted by atomic mass is 32.1. The quantitative estimate of drug-likeness (QED) is 0.747. The van der Waals surface area contributed by atoms with E-state index >= 15 is 0 Å². The third-order valence-corrected chi connectivity index (χ3v) is 4.65. The summed E-state index contributed by atoms with van der Waals surface area (Å²) in [6.45, 7) is 1.93. The Balaban J connectivity index is 1.57. The zero-order valence-corrected chi connectivity index (χ0v) is 12.8. The van der Waals surface area contributed by atoms with Crippen molar-refractivity contribution in [1.82, 2.24) is 14.6 Å². The first-order chi connectivity index (χ1) is 10.8. The van der Waals surface area contributed by atoms with Crippen LogP contribution in [0.5, 0.6) is 0 Å². The highest BCUT2D eigenvalue weighted by molar-refractivity contribution is 7.08. The topological polar surface area (TPSA) is 51.3 Å². The summed E-state index contributed by atoms with van der Waals surface area (Å²) in [5.74, 6) is 0.997. The van der Waals surface area contributed by atoms with Gasteiger partial charge in [0.05, 0.1) is 18.7 Å². The third kappa shape index (κ3) is 2.35. The summed E-state index contributed by atoms with van der Waals surface area (Å²) in [5.41, 5.74) is 2.73. The van der Waals surface area contributed by atoms with Gasteiger partial charge in [0.2, 0.25) is 0 Å². The molecule has 4 heterocycles. The molecule has 0 aliphatic carbocycles. The first-order valence-electron chi connectivity index (χ1n) is 7.20. The molecule has 3 aromatic heterocycles. The van der Waals surface area contributed by atoms with Crippen molar-refractivity contribution in [3.8, 4) is 0 Å². The molecule has 0 unspecified atom stereocenters. The highest BCUT2D eigenvalue weighted by Crippen LogP contribution is 2.24. The molecular weight excluding hydrogens is 298 g/mol. The maximum Gasteiger partial charge on any atom is 0.255 e. The SMILES string of the molecule is O=C(c1ccsc1)N1CCc2onc(Cn3cccc3)c2C1. The molecule has 1 aliphatic rings. The summed E-state index contributed by atoms with van der Waals surface area (Å²) in [6, 6.07) is 5.84. The molecular formula is C16H15N3O2S. The van der Waals surface area contributed by atoms with E-state index in [1.165, 1.54) is 0 Å². The average molecular weight is 313 g/mol. The van der Waals surface area contributed by atoms with Crippen molar-refractivity contribution in [2.45, 2.75) is 19.5 Å². The van der Waals surface area contributed by atoms with E-state index in [1.54, 1.807) is 11.3 Å². The highest BCUT2D eigenvalue weighted by Gasteiger charge is 2.27. The van der Waals surface area contributed by atoms with E-state index in [0.29, 0.717) is 19.6 Å². The first kappa shape index (κ1) is 13.3. The van der Waals surface area contributed by atoms with Crippen LogP contribution < -0.4 is 0 Å². The van der Waals surface area contributed by atoms with Gasteiger partial charge in [0.25, 0.3) is 5.91 Å². The van der Waals surface area contributed by atoms with Crippen LogP contribution in [0, 0.1) is 0 Å². The van der Waals surface area contributed by atoms with E-state index in [2.05, 4.69) is 9.72 Å². The van der Waals surface area contributed by atoms with Crippen LogP contribution in [-0.2, 0) is 19.5 Å². The summed E-state index contributed by atoms with van der Waals surface area (Å²) in [7, 11) is 0.